The number of carboxylic acid groups (broad SMARTS) is 1. The van der Waals surface area contributed by atoms with Crippen LogP contribution in [0.5, 0.6) is 0 Å². The van der Waals surface area contributed by atoms with Gasteiger partial charge in [-0.2, -0.15) is 0 Å². The van der Waals surface area contributed by atoms with Crippen LogP contribution in [0.3, 0.4) is 0 Å². The molecule has 30 heavy (non-hydrogen) atoms. The van der Waals surface area contributed by atoms with Gasteiger partial charge in [0.2, 0.25) is 5.91 Å². The fourth-order valence-electron chi connectivity index (χ4n) is 3.95. The smallest absolute Gasteiger partial charge is 0.548 e. The normalized spacial score (nSPS) is 30.3. The molecule has 0 aliphatic carbocycles. The molecule has 8 nitrogen and oxygen atoms in total. The second kappa shape index (κ2) is 9.60. The van der Waals surface area contributed by atoms with Gasteiger partial charge in [0.1, 0.15) is 11.4 Å². The van der Waals surface area contributed by atoms with Crippen molar-refractivity contribution in [2.24, 2.45) is 0 Å². The Labute approximate surface area is 210 Å². The third kappa shape index (κ3) is 4.67. The maximum absolute atomic E-state index is 12.7. The van der Waals surface area contributed by atoms with Crippen molar-refractivity contribution in [1.82, 2.24) is 15.2 Å². The van der Waals surface area contributed by atoms with Crippen LogP contribution in [0, 0.1) is 0 Å². The number of allylic oxidation sites excluding steroid dienone is 1. The Balaban J connectivity index is 0.00000256. The van der Waals surface area contributed by atoms with Crippen LogP contribution in [0.15, 0.2) is 11.6 Å². The molecule has 3 saturated heterocycles. The van der Waals surface area contributed by atoms with Crippen molar-refractivity contribution in [1.29, 1.82) is 0 Å². The maximum Gasteiger partial charge on any atom is 1.00 e. The van der Waals surface area contributed by atoms with Crippen molar-refractivity contribution < 1.29 is 48.4 Å². The van der Waals surface area contributed by atoms with Crippen LogP contribution >= 0.6 is 35.1 Å². The molecule has 0 aromatic carbocycles. The number of fused-ring (bicyclic) bond motifs is 1. The zero-order chi connectivity index (χ0) is 20.8. The summed E-state index contributed by atoms with van der Waals surface area (Å²) in [6, 6.07) is -1.38. The van der Waals surface area contributed by atoms with Gasteiger partial charge in [0.25, 0.3) is 0 Å². The number of carbonyl (C=O) groups is 2. The molecule has 4 heterocycles. The van der Waals surface area contributed by atoms with Gasteiger partial charge < -0.3 is 30.0 Å². The second-order valence-electron chi connectivity index (χ2n) is 7.85. The number of aliphatic carboxylic acids is 1. The molecular weight excluding hydrogens is 455 g/mol. The van der Waals surface area contributed by atoms with Gasteiger partial charge in [-0.05, 0) is 50.7 Å². The van der Waals surface area contributed by atoms with E-state index in [0.717, 1.165) is 37.1 Å². The van der Waals surface area contributed by atoms with Crippen molar-refractivity contribution in [3.63, 3.8) is 0 Å². The molecule has 4 rings (SSSR count). The molecule has 0 bridgehead atoms. The van der Waals surface area contributed by atoms with Gasteiger partial charge in [0, 0.05) is 21.6 Å². The Morgan fingerprint density at radius 3 is 2.90 bits per heavy atom. The Kier molecular flexibility index (Phi) is 7.75. The van der Waals surface area contributed by atoms with E-state index in [1.165, 1.54) is 40.0 Å². The topological polar surface area (TPSA) is 121 Å². The van der Waals surface area contributed by atoms with Crippen LogP contribution < -0.4 is 45.7 Å². The first-order valence-corrected chi connectivity index (χ1v) is 12.0. The summed E-state index contributed by atoms with van der Waals surface area (Å²) < 4.78 is 4.92. The third-order valence-corrected chi connectivity index (χ3v) is 8.58. The first-order valence-electron chi connectivity index (χ1n) is 9.43. The molecule has 12 heteroatoms. The number of β-lactam (4-membered cyclic amide) rings is 1. The summed E-state index contributed by atoms with van der Waals surface area (Å²) in [5, 5.41) is 17.3. The zero-order valence-corrected chi connectivity index (χ0v) is 21.6. The van der Waals surface area contributed by atoms with Crippen LogP contribution in [0.2, 0.25) is 0 Å². The predicted molar refractivity (Wildman–Crippen MR) is 114 cm³/mol. The number of thiazole rings is 1. The summed E-state index contributed by atoms with van der Waals surface area (Å²) in [6.45, 7) is 4.43. The Morgan fingerprint density at radius 2 is 2.30 bits per heavy atom. The van der Waals surface area contributed by atoms with E-state index in [4.69, 9.17) is 9.92 Å². The standard InChI is InChI=1S/C18H24N4O4S3.Na/c1-18(2)13(16(24)25)22-14(23)12(15(22)28-18)20-7-9(11-8-27-17(19)21-11)6-10-4-3-5-26-29-10;/h7-8,10,12-13,15,20H,3-6H2,1-2H3,(H2,19,21)(H,24,25);/q;+1/p-1/b9-7-;/t10?,12-,13+,15-;/m1./s1. The van der Waals surface area contributed by atoms with E-state index >= 15 is 0 Å². The molecule has 3 N–H and O–H groups in total. The summed E-state index contributed by atoms with van der Waals surface area (Å²) in [5.74, 6) is -1.42. The molecule has 1 aromatic heterocycles. The summed E-state index contributed by atoms with van der Waals surface area (Å²) in [5.41, 5.74) is 7.57. The number of rotatable bonds is 6. The number of hydrogen-bond donors (Lipinski definition) is 2. The molecule has 1 aromatic rings. The van der Waals surface area contributed by atoms with Gasteiger partial charge in [-0.1, -0.05) is 0 Å². The van der Waals surface area contributed by atoms with Crippen LogP contribution in [0.1, 0.15) is 38.8 Å². The molecular formula is C18H23N4NaO4S3. The molecule has 158 valence electrons. The van der Waals surface area contributed by atoms with Crippen LogP contribution in [-0.4, -0.2) is 55.8 Å². The third-order valence-electron chi connectivity index (χ3n) is 5.36. The fourth-order valence-corrected chi connectivity index (χ4v) is 7.09. The Bertz CT molecular complexity index is 843. The number of nitrogen functional groups attached to an aromatic ring is 1. The molecule has 1 amide bonds. The van der Waals surface area contributed by atoms with Gasteiger partial charge in [0.05, 0.1) is 24.3 Å². The molecule has 0 radical (unpaired) electrons. The molecule has 4 atom stereocenters. The molecule has 1 unspecified atom stereocenters. The number of aromatic nitrogens is 1. The Hall–Kier alpha value is -0.430. The minimum atomic E-state index is -1.21. The second-order valence-corrected chi connectivity index (χ2v) is 11.6. The van der Waals surface area contributed by atoms with E-state index < -0.39 is 22.8 Å². The SMILES string of the molecule is CC1(C)S[C@@H]2[C@H](N/C=C(/CC3CCCOS3)c3csc(N)n3)C(=O)N2[C@H]1C(=O)[O-].[Na+]. The van der Waals surface area contributed by atoms with E-state index in [1.54, 1.807) is 0 Å². The average Bonchev–Trinajstić information content (AvgIpc) is 3.20. The minimum Gasteiger partial charge on any atom is -0.548 e. The van der Waals surface area contributed by atoms with E-state index in [9.17, 15) is 14.7 Å². The number of nitrogens with two attached hydrogens (primary N) is 1. The summed E-state index contributed by atoms with van der Waals surface area (Å²) in [4.78, 5) is 30.0. The van der Waals surface area contributed by atoms with Gasteiger partial charge in [-0.15, -0.1) is 23.1 Å². The monoisotopic (exact) mass is 478 g/mol. The zero-order valence-electron chi connectivity index (χ0n) is 17.1. The van der Waals surface area contributed by atoms with Crippen molar-refractivity contribution in [3.8, 4) is 0 Å². The van der Waals surface area contributed by atoms with Crippen molar-refractivity contribution >= 4 is 57.7 Å². The van der Waals surface area contributed by atoms with E-state index in [2.05, 4.69) is 10.3 Å². The molecule has 3 fully saturated rings. The predicted octanol–water partition coefficient (Wildman–Crippen LogP) is -1.94. The number of hydrogen-bond acceptors (Lipinski definition) is 10. The first kappa shape index (κ1) is 24.2. The number of nitrogens with one attached hydrogen (secondary N) is 1. The quantitative estimate of drug-likeness (QED) is 0.273. The molecule has 0 spiro atoms. The summed E-state index contributed by atoms with van der Waals surface area (Å²) >= 11 is 4.35. The average molecular weight is 479 g/mol. The van der Waals surface area contributed by atoms with Crippen LogP contribution in [-0.2, 0) is 13.8 Å². The van der Waals surface area contributed by atoms with Gasteiger partial charge >= 0.3 is 29.6 Å². The van der Waals surface area contributed by atoms with Gasteiger partial charge in [0.15, 0.2) is 5.13 Å². The fraction of sp³-hybridized carbons (Fsp3) is 0.611. The van der Waals surface area contributed by atoms with E-state index in [0.29, 0.717) is 10.4 Å². The van der Waals surface area contributed by atoms with Crippen molar-refractivity contribution in [2.75, 3.05) is 12.3 Å². The van der Waals surface area contributed by atoms with Crippen LogP contribution in [0.25, 0.3) is 5.57 Å². The summed E-state index contributed by atoms with van der Waals surface area (Å²) in [7, 11) is 0. The minimum absolute atomic E-state index is 0. The number of amides is 1. The molecule has 3 aliphatic rings. The number of carboxylic acids is 1. The Morgan fingerprint density at radius 1 is 1.53 bits per heavy atom. The number of anilines is 1. The first-order chi connectivity index (χ1) is 13.8. The van der Waals surface area contributed by atoms with Gasteiger partial charge in [-0.3, -0.25) is 4.79 Å². The number of nitrogens with zero attached hydrogens (tertiary/aromatic N) is 2. The number of thioether (sulfide) groups is 1. The van der Waals surface area contributed by atoms with Crippen molar-refractivity contribution in [2.45, 2.75) is 60.6 Å². The van der Waals surface area contributed by atoms with E-state index in [-0.39, 0.29) is 40.8 Å². The molecule has 3 aliphatic heterocycles. The molecule has 0 saturated carbocycles. The number of carbonyl (C=O) groups excluding carboxylic acids is 2. The van der Waals surface area contributed by atoms with Crippen molar-refractivity contribution in [3.05, 3.63) is 17.3 Å². The summed E-state index contributed by atoms with van der Waals surface area (Å²) in [6.07, 6.45) is 4.66. The maximum atomic E-state index is 12.7. The largest absolute Gasteiger partial charge is 1.00 e. The van der Waals surface area contributed by atoms with E-state index in [1.807, 2.05) is 25.4 Å². The van der Waals surface area contributed by atoms with Gasteiger partial charge in [-0.25, -0.2) is 4.98 Å². The van der Waals surface area contributed by atoms with Crippen LogP contribution in [0.4, 0.5) is 5.13 Å².